The molecule has 2 heterocycles. The van der Waals surface area contributed by atoms with Crippen LogP contribution >= 0.6 is 0 Å². The summed E-state index contributed by atoms with van der Waals surface area (Å²) in [6, 6.07) is 58.1. The molecule has 0 amide bonds. The summed E-state index contributed by atoms with van der Waals surface area (Å²) in [6.07, 6.45) is 4.43. The third kappa shape index (κ3) is 10.8. The van der Waals surface area contributed by atoms with Gasteiger partial charge in [-0.1, -0.05) is 133 Å². The van der Waals surface area contributed by atoms with Crippen molar-refractivity contribution in [3.63, 3.8) is 0 Å². The first kappa shape index (κ1) is 38.1. The zero-order chi connectivity index (χ0) is 37.7. The molecule has 282 valence electrons. The predicted octanol–water partition coefficient (Wildman–Crippen LogP) is 10.1. The highest BCUT2D eigenvalue weighted by molar-refractivity contribution is 5.44. The van der Waals surface area contributed by atoms with E-state index in [0.717, 1.165) is 56.6 Å². The molecule has 0 aromatic heterocycles. The van der Waals surface area contributed by atoms with E-state index < -0.39 is 0 Å². The van der Waals surface area contributed by atoms with Crippen molar-refractivity contribution in [3.8, 4) is 0 Å². The van der Waals surface area contributed by atoms with Crippen LogP contribution in [0.15, 0.2) is 170 Å². The first-order valence-electron chi connectivity index (χ1n) is 19.8. The monoisotopic (exact) mass is 734 g/mol. The number of benzene rings is 6. The van der Waals surface area contributed by atoms with Crippen molar-refractivity contribution in [2.24, 2.45) is 0 Å². The fourth-order valence-corrected chi connectivity index (χ4v) is 8.23. The number of rotatable bonds is 11. The van der Waals surface area contributed by atoms with Crippen LogP contribution in [0.1, 0.15) is 65.3 Å². The van der Waals surface area contributed by atoms with E-state index in [2.05, 4.69) is 143 Å². The van der Waals surface area contributed by atoms with Gasteiger partial charge in [0.1, 0.15) is 11.6 Å². The molecular weight excluding hydrogens is 683 g/mol. The van der Waals surface area contributed by atoms with Crippen LogP contribution in [0.2, 0.25) is 0 Å². The van der Waals surface area contributed by atoms with Crippen LogP contribution in [0.5, 0.6) is 0 Å². The molecule has 0 radical (unpaired) electrons. The smallest absolute Gasteiger partial charge is 0.123 e. The van der Waals surface area contributed by atoms with Crippen LogP contribution in [0, 0.1) is 11.6 Å². The van der Waals surface area contributed by atoms with Crippen LogP contribution in [-0.2, 0) is 6.54 Å². The molecule has 0 spiro atoms. The predicted molar refractivity (Wildman–Crippen MR) is 222 cm³/mol. The summed E-state index contributed by atoms with van der Waals surface area (Å²) in [5.41, 5.74) is 7.53. The van der Waals surface area contributed by atoms with Gasteiger partial charge in [0.2, 0.25) is 0 Å². The minimum atomic E-state index is -0.198. The zero-order valence-electron chi connectivity index (χ0n) is 31.3. The zero-order valence-corrected chi connectivity index (χ0v) is 31.3. The third-order valence-corrected chi connectivity index (χ3v) is 11.1. The van der Waals surface area contributed by atoms with E-state index in [-0.39, 0.29) is 11.6 Å². The molecule has 2 aliphatic heterocycles. The van der Waals surface area contributed by atoms with Crippen molar-refractivity contribution in [2.75, 3.05) is 18.4 Å². The Morgan fingerprint density at radius 3 is 1.22 bits per heavy atom. The lowest BCUT2D eigenvalue weighted by Gasteiger charge is -2.36. The first-order valence-corrected chi connectivity index (χ1v) is 19.8. The second kappa shape index (κ2) is 19.4. The number of piperidine rings is 2. The standard InChI is InChI=1S/C25H27FN2.C24H25FN2/c26-22-13-11-19(12-14-22)17-27-23-15-16-24(28-18-23)25(20-7-3-1-4-8-20)21-9-5-2-6-10-21;25-20-11-13-21(14-12-20)27-22-15-16-23(26-17-22)24(18-7-3-1-4-8-18)19-9-5-2-6-10-19/h1-14,23-25,27-28H,15-18H2;1-14,22-24,26-27H,15-17H2. The number of nitrogens with one attached hydrogen (secondary N) is 4. The summed E-state index contributed by atoms with van der Waals surface area (Å²) < 4.78 is 26.1. The van der Waals surface area contributed by atoms with Gasteiger partial charge in [-0.15, -0.1) is 0 Å². The Bertz CT molecular complexity index is 1880. The molecule has 4 nitrogen and oxygen atoms in total. The maximum Gasteiger partial charge on any atom is 0.123 e. The van der Waals surface area contributed by atoms with Crippen molar-refractivity contribution in [2.45, 2.75) is 68.2 Å². The molecule has 2 saturated heterocycles. The van der Waals surface area contributed by atoms with E-state index in [9.17, 15) is 8.78 Å². The van der Waals surface area contributed by atoms with Crippen molar-refractivity contribution >= 4 is 5.69 Å². The second-order valence-electron chi connectivity index (χ2n) is 14.8. The maximum absolute atomic E-state index is 13.1. The number of anilines is 1. The summed E-state index contributed by atoms with van der Waals surface area (Å²) in [6.45, 7) is 2.62. The van der Waals surface area contributed by atoms with Gasteiger partial charge >= 0.3 is 0 Å². The van der Waals surface area contributed by atoms with E-state index in [0.29, 0.717) is 36.0 Å². The maximum atomic E-state index is 13.1. The third-order valence-electron chi connectivity index (χ3n) is 11.1. The Kier molecular flexibility index (Phi) is 13.5. The molecule has 2 fully saturated rings. The van der Waals surface area contributed by atoms with Gasteiger partial charge in [-0.25, -0.2) is 8.78 Å². The second-order valence-corrected chi connectivity index (χ2v) is 14.8. The van der Waals surface area contributed by atoms with Crippen molar-refractivity contribution in [1.82, 2.24) is 16.0 Å². The van der Waals surface area contributed by atoms with Gasteiger partial charge in [0.15, 0.2) is 0 Å². The molecule has 8 rings (SSSR count). The Morgan fingerprint density at radius 1 is 0.455 bits per heavy atom. The van der Waals surface area contributed by atoms with Crippen molar-refractivity contribution < 1.29 is 8.78 Å². The number of hydrogen-bond donors (Lipinski definition) is 4. The molecule has 4 atom stereocenters. The molecule has 0 saturated carbocycles. The van der Waals surface area contributed by atoms with Gasteiger partial charge in [0, 0.05) is 61.3 Å². The summed E-state index contributed by atoms with van der Waals surface area (Å²) in [7, 11) is 0. The average molecular weight is 735 g/mol. The summed E-state index contributed by atoms with van der Waals surface area (Å²) >= 11 is 0. The lowest BCUT2D eigenvalue weighted by molar-refractivity contribution is 0.307. The molecule has 6 aromatic carbocycles. The fraction of sp³-hybridized carbons (Fsp3) is 0.265. The van der Waals surface area contributed by atoms with Crippen LogP contribution in [0.4, 0.5) is 14.5 Å². The minimum Gasteiger partial charge on any atom is -0.381 e. The number of hydrogen-bond acceptors (Lipinski definition) is 4. The topological polar surface area (TPSA) is 48.1 Å². The largest absolute Gasteiger partial charge is 0.381 e. The van der Waals surface area contributed by atoms with Gasteiger partial charge < -0.3 is 21.3 Å². The highest BCUT2D eigenvalue weighted by atomic mass is 19.1. The quantitative estimate of drug-likeness (QED) is 0.107. The summed E-state index contributed by atoms with van der Waals surface area (Å²) in [4.78, 5) is 0. The van der Waals surface area contributed by atoms with Gasteiger partial charge in [-0.05, 0) is 89.9 Å². The van der Waals surface area contributed by atoms with Crippen LogP contribution in [0.3, 0.4) is 0 Å². The van der Waals surface area contributed by atoms with Crippen molar-refractivity contribution in [3.05, 3.63) is 209 Å². The molecule has 4 unspecified atom stereocenters. The van der Waals surface area contributed by atoms with Gasteiger partial charge in [0.25, 0.3) is 0 Å². The van der Waals surface area contributed by atoms with Gasteiger partial charge in [-0.3, -0.25) is 0 Å². The lowest BCUT2D eigenvalue weighted by Crippen LogP contribution is -2.49. The first-order chi connectivity index (χ1) is 27.1. The molecule has 0 aliphatic carbocycles. The summed E-state index contributed by atoms with van der Waals surface area (Å²) in [5, 5.41) is 14.7. The van der Waals surface area contributed by atoms with Crippen LogP contribution in [-0.4, -0.2) is 37.3 Å². The highest BCUT2D eigenvalue weighted by Crippen LogP contribution is 2.33. The Hall–Kier alpha value is -5.14. The summed E-state index contributed by atoms with van der Waals surface area (Å²) in [5.74, 6) is 0.328. The van der Waals surface area contributed by atoms with E-state index in [1.54, 1.807) is 12.1 Å². The SMILES string of the molecule is Fc1ccc(CNC2CCC(C(c3ccccc3)c3ccccc3)NC2)cc1.Fc1ccc(NC2CCC(C(c3ccccc3)c3ccccc3)NC2)cc1. The van der Waals surface area contributed by atoms with E-state index in [4.69, 9.17) is 0 Å². The lowest BCUT2D eigenvalue weighted by atomic mass is 9.81. The molecule has 6 aromatic rings. The van der Waals surface area contributed by atoms with E-state index in [1.165, 1.54) is 46.5 Å². The Balaban J connectivity index is 0.000000169. The van der Waals surface area contributed by atoms with Crippen molar-refractivity contribution in [1.29, 1.82) is 0 Å². The number of halogens is 2. The van der Waals surface area contributed by atoms with Gasteiger partial charge in [0.05, 0.1) is 0 Å². The molecule has 4 N–H and O–H groups in total. The minimum absolute atomic E-state index is 0.182. The molecule has 0 bridgehead atoms. The molecule has 2 aliphatic rings. The molecular formula is C49H52F2N4. The van der Waals surface area contributed by atoms with Gasteiger partial charge in [-0.2, -0.15) is 0 Å². The van der Waals surface area contributed by atoms with E-state index in [1.807, 2.05) is 12.1 Å². The molecule has 55 heavy (non-hydrogen) atoms. The average Bonchev–Trinajstić information content (AvgIpc) is 3.25. The Labute approximate surface area is 325 Å². The van der Waals surface area contributed by atoms with Crippen LogP contribution in [0.25, 0.3) is 0 Å². The van der Waals surface area contributed by atoms with Crippen LogP contribution < -0.4 is 21.3 Å². The highest BCUT2D eigenvalue weighted by Gasteiger charge is 2.30. The normalized spacial score (nSPS) is 19.7. The fourth-order valence-electron chi connectivity index (χ4n) is 8.23. The molecule has 6 heteroatoms. The van der Waals surface area contributed by atoms with E-state index >= 15 is 0 Å². The Morgan fingerprint density at radius 2 is 0.836 bits per heavy atom.